The van der Waals surface area contributed by atoms with E-state index >= 15 is 0 Å². The van der Waals surface area contributed by atoms with E-state index in [1.54, 1.807) is 0 Å². The minimum Gasteiger partial charge on any atom is -0.382 e. The van der Waals surface area contributed by atoms with Crippen LogP contribution in [0.2, 0.25) is 0 Å². The molecule has 1 aromatic carbocycles. The van der Waals surface area contributed by atoms with Crippen molar-refractivity contribution in [3.05, 3.63) is 30.1 Å². The van der Waals surface area contributed by atoms with E-state index in [2.05, 4.69) is 52.5 Å². The van der Waals surface area contributed by atoms with Crippen molar-refractivity contribution in [2.75, 3.05) is 5.32 Å². The number of aromatic amines is 1. The van der Waals surface area contributed by atoms with E-state index in [0.29, 0.717) is 6.04 Å². The van der Waals surface area contributed by atoms with Crippen LogP contribution in [0.25, 0.3) is 11.4 Å². The van der Waals surface area contributed by atoms with Crippen molar-refractivity contribution in [2.24, 2.45) is 0 Å². The summed E-state index contributed by atoms with van der Waals surface area (Å²) in [7, 11) is 0. The maximum atomic E-state index is 4.43. The van der Waals surface area contributed by atoms with Crippen molar-refractivity contribution in [3.8, 4) is 11.4 Å². The number of H-pyrrole nitrogens is 1. The van der Waals surface area contributed by atoms with Gasteiger partial charge in [-0.1, -0.05) is 38.8 Å². The molecule has 0 spiro atoms. The van der Waals surface area contributed by atoms with Gasteiger partial charge in [-0.05, 0) is 31.9 Å². The van der Waals surface area contributed by atoms with Crippen molar-refractivity contribution in [2.45, 2.75) is 52.5 Å². The lowest BCUT2D eigenvalue weighted by molar-refractivity contribution is 0.593. The van der Waals surface area contributed by atoms with Crippen molar-refractivity contribution in [3.63, 3.8) is 0 Å². The zero-order valence-electron chi connectivity index (χ0n) is 12.6. The maximum Gasteiger partial charge on any atom is 0.183 e. The first kappa shape index (κ1) is 14.6. The molecule has 1 unspecified atom stereocenters. The van der Waals surface area contributed by atoms with Crippen LogP contribution < -0.4 is 5.32 Å². The van der Waals surface area contributed by atoms with Crippen molar-refractivity contribution in [1.29, 1.82) is 0 Å². The summed E-state index contributed by atoms with van der Waals surface area (Å²) in [6.45, 7) is 6.38. The summed E-state index contributed by atoms with van der Waals surface area (Å²) in [5.74, 6) is 1.60. The topological polar surface area (TPSA) is 53.6 Å². The first-order valence-corrected chi connectivity index (χ1v) is 7.49. The number of hydrogen-bond donors (Lipinski definition) is 2. The van der Waals surface area contributed by atoms with Crippen LogP contribution in [0, 0.1) is 6.92 Å². The molecule has 0 amide bonds. The molecule has 108 valence electrons. The number of benzene rings is 1. The molecule has 2 aromatic rings. The van der Waals surface area contributed by atoms with E-state index in [0.717, 1.165) is 29.3 Å². The summed E-state index contributed by atoms with van der Waals surface area (Å²) >= 11 is 0. The van der Waals surface area contributed by atoms with Crippen LogP contribution in [0.5, 0.6) is 0 Å². The molecule has 20 heavy (non-hydrogen) atoms. The summed E-state index contributed by atoms with van der Waals surface area (Å²) in [6, 6.07) is 8.76. The van der Waals surface area contributed by atoms with Gasteiger partial charge in [0.05, 0.1) is 0 Å². The summed E-state index contributed by atoms with van der Waals surface area (Å²) in [6.07, 6.45) is 4.82. The molecule has 4 nitrogen and oxygen atoms in total. The van der Waals surface area contributed by atoms with E-state index in [4.69, 9.17) is 0 Å². The summed E-state index contributed by atoms with van der Waals surface area (Å²) in [5, 5.41) is 10.8. The van der Waals surface area contributed by atoms with Gasteiger partial charge in [-0.15, -0.1) is 0 Å². The Morgan fingerprint density at radius 2 is 2.05 bits per heavy atom. The molecule has 0 aliphatic carbocycles. The summed E-state index contributed by atoms with van der Waals surface area (Å²) < 4.78 is 0. The Balaban J connectivity index is 2.19. The van der Waals surface area contributed by atoms with Gasteiger partial charge >= 0.3 is 0 Å². The largest absolute Gasteiger partial charge is 0.382 e. The Bertz CT molecular complexity index is 533. The second kappa shape index (κ2) is 7.08. The molecule has 1 heterocycles. The standard InChI is InChI=1S/C16H24N4/c1-4-6-9-13(5-2)18-15-11-8-7-10-14(15)16-17-12(3)19-20-16/h7-8,10-11,13,18H,4-6,9H2,1-3H3,(H,17,19,20). The lowest BCUT2D eigenvalue weighted by Gasteiger charge is -2.19. The van der Waals surface area contributed by atoms with E-state index in [-0.39, 0.29) is 0 Å². The number of nitrogens with zero attached hydrogens (tertiary/aromatic N) is 2. The highest BCUT2D eigenvalue weighted by molar-refractivity contribution is 5.73. The van der Waals surface area contributed by atoms with Gasteiger partial charge in [0.2, 0.25) is 0 Å². The maximum absolute atomic E-state index is 4.43. The fourth-order valence-electron chi connectivity index (χ4n) is 2.32. The third kappa shape index (κ3) is 3.59. The molecule has 0 radical (unpaired) electrons. The molecule has 0 bridgehead atoms. The van der Waals surface area contributed by atoms with E-state index in [9.17, 15) is 0 Å². The van der Waals surface area contributed by atoms with E-state index < -0.39 is 0 Å². The van der Waals surface area contributed by atoms with Crippen molar-refractivity contribution in [1.82, 2.24) is 15.2 Å². The Kier molecular flexibility index (Phi) is 5.16. The normalized spacial score (nSPS) is 12.3. The smallest absolute Gasteiger partial charge is 0.183 e. The SMILES string of the molecule is CCCCC(CC)Nc1ccccc1-c1n[nH]c(C)n1. The molecule has 1 aromatic heterocycles. The van der Waals surface area contributed by atoms with E-state index in [1.807, 2.05) is 13.0 Å². The number of para-hydroxylation sites is 1. The van der Waals surface area contributed by atoms with Crippen LogP contribution in [-0.2, 0) is 0 Å². The molecule has 0 aliphatic heterocycles. The van der Waals surface area contributed by atoms with Gasteiger partial charge in [0, 0.05) is 17.3 Å². The van der Waals surface area contributed by atoms with Crippen LogP contribution in [0.4, 0.5) is 5.69 Å². The highest BCUT2D eigenvalue weighted by Gasteiger charge is 2.12. The zero-order chi connectivity index (χ0) is 14.4. The number of aromatic nitrogens is 3. The number of aryl methyl sites for hydroxylation is 1. The first-order chi connectivity index (χ1) is 9.74. The Hall–Kier alpha value is -1.84. The van der Waals surface area contributed by atoms with Crippen LogP contribution in [0.3, 0.4) is 0 Å². The number of unbranched alkanes of at least 4 members (excludes halogenated alkanes) is 1. The molecule has 1 atom stereocenters. The van der Waals surface area contributed by atoms with Gasteiger partial charge in [0.25, 0.3) is 0 Å². The molecular formula is C16H24N4. The van der Waals surface area contributed by atoms with Gasteiger partial charge in [0.1, 0.15) is 5.82 Å². The summed E-state index contributed by atoms with van der Waals surface area (Å²) in [5.41, 5.74) is 2.18. The van der Waals surface area contributed by atoms with Crippen LogP contribution in [0.15, 0.2) is 24.3 Å². The molecule has 2 rings (SSSR count). The number of nitrogens with one attached hydrogen (secondary N) is 2. The highest BCUT2D eigenvalue weighted by atomic mass is 15.2. The minimum absolute atomic E-state index is 0.510. The van der Waals surface area contributed by atoms with Crippen LogP contribution >= 0.6 is 0 Å². The predicted octanol–water partition coefficient (Wildman–Crippen LogP) is 4.16. The molecular weight excluding hydrogens is 248 g/mol. The third-order valence-electron chi connectivity index (χ3n) is 3.52. The van der Waals surface area contributed by atoms with Crippen LogP contribution in [-0.4, -0.2) is 21.2 Å². The van der Waals surface area contributed by atoms with Gasteiger partial charge < -0.3 is 5.32 Å². The average molecular weight is 272 g/mol. The molecule has 4 heteroatoms. The third-order valence-corrected chi connectivity index (χ3v) is 3.52. The quantitative estimate of drug-likeness (QED) is 0.795. The van der Waals surface area contributed by atoms with E-state index in [1.165, 1.54) is 19.3 Å². The molecule has 0 aliphatic rings. The summed E-state index contributed by atoms with van der Waals surface area (Å²) in [4.78, 5) is 4.43. The second-order valence-electron chi connectivity index (χ2n) is 5.18. The van der Waals surface area contributed by atoms with Gasteiger partial charge in [-0.3, -0.25) is 5.10 Å². The minimum atomic E-state index is 0.510. The number of rotatable bonds is 7. The Morgan fingerprint density at radius 1 is 1.25 bits per heavy atom. The first-order valence-electron chi connectivity index (χ1n) is 7.49. The fourth-order valence-corrected chi connectivity index (χ4v) is 2.32. The Morgan fingerprint density at radius 3 is 2.70 bits per heavy atom. The Labute approximate surface area is 121 Å². The monoisotopic (exact) mass is 272 g/mol. The van der Waals surface area contributed by atoms with Gasteiger partial charge in [-0.25, -0.2) is 4.98 Å². The molecule has 0 saturated heterocycles. The lowest BCUT2D eigenvalue weighted by Crippen LogP contribution is -2.18. The lowest BCUT2D eigenvalue weighted by atomic mass is 10.1. The second-order valence-corrected chi connectivity index (χ2v) is 5.18. The molecule has 0 saturated carbocycles. The number of hydrogen-bond acceptors (Lipinski definition) is 3. The van der Waals surface area contributed by atoms with Gasteiger partial charge in [-0.2, -0.15) is 5.10 Å². The average Bonchev–Trinajstić information content (AvgIpc) is 2.90. The van der Waals surface area contributed by atoms with Crippen molar-refractivity contribution >= 4 is 5.69 Å². The van der Waals surface area contributed by atoms with Crippen molar-refractivity contribution < 1.29 is 0 Å². The fraction of sp³-hybridized carbons (Fsp3) is 0.500. The zero-order valence-corrected chi connectivity index (χ0v) is 12.6. The van der Waals surface area contributed by atoms with Gasteiger partial charge in [0.15, 0.2) is 5.82 Å². The van der Waals surface area contributed by atoms with Crippen LogP contribution in [0.1, 0.15) is 45.4 Å². The predicted molar refractivity (Wildman–Crippen MR) is 83.8 cm³/mol. The highest BCUT2D eigenvalue weighted by Crippen LogP contribution is 2.26. The molecule has 2 N–H and O–H groups in total. The molecule has 0 fully saturated rings. The number of anilines is 1.